The van der Waals surface area contributed by atoms with E-state index < -0.39 is 17.9 Å². The summed E-state index contributed by atoms with van der Waals surface area (Å²) in [5, 5.41) is 9.14. The van der Waals surface area contributed by atoms with Crippen LogP contribution in [0.1, 0.15) is 112 Å². The third kappa shape index (κ3) is 4.97. The molecule has 4 aliphatic carbocycles. The summed E-state index contributed by atoms with van der Waals surface area (Å²) in [4.78, 5) is 23.4. The summed E-state index contributed by atoms with van der Waals surface area (Å²) in [5.74, 6) is 2.12. The summed E-state index contributed by atoms with van der Waals surface area (Å²) in [6.07, 6.45) is 15.9. The van der Waals surface area contributed by atoms with Crippen LogP contribution in [0.25, 0.3) is 0 Å². The Bertz CT molecular complexity index is 830. The van der Waals surface area contributed by atoms with E-state index in [0.29, 0.717) is 5.41 Å². The summed E-state index contributed by atoms with van der Waals surface area (Å²) in [6.45, 7) is 13.8. The highest BCUT2D eigenvalue weighted by molar-refractivity contribution is 5.93. The van der Waals surface area contributed by atoms with Crippen molar-refractivity contribution in [1.29, 1.82) is 0 Å². The van der Waals surface area contributed by atoms with Crippen LogP contribution >= 0.6 is 0 Å². The summed E-state index contributed by atoms with van der Waals surface area (Å²) in [6, 6.07) is 0. The second kappa shape index (κ2) is 10.2. The standard InChI is InChI=1S/C31H50O4/c1-19(2)8-7-9-20(3)25-12-13-26-24-11-10-22-18-23(35-29(34)21(4)28(32)33)14-16-30(22,5)27(24)15-17-31(25,26)6/h10,19-21,23-27H,7-9,11-18H2,1-6H3,(H,32,33)/t20-,21?,23+,24+,25-,26+,27+,30+,31-/m1/s1. The van der Waals surface area contributed by atoms with E-state index in [2.05, 4.69) is 40.7 Å². The zero-order chi connectivity index (χ0) is 25.5. The lowest BCUT2D eigenvalue weighted by atomic mass is 9.47. The summed E-state index contributed by atoms with van der Waals surface area (Å²) in [7, 11) is 0. The van der Waals surface area contributed by atoms with Crippen molar-refractivity contribution in [1.82, 2.24) is 0 Å². The van der Waals surface area contributed by atoms with Crippen molar-refractivity contribution in [3.8, 4) is 0 Å². The van der Waals surface area contributed by atoms with Crippen LogP contribution in [0.5, 0.6) is 0 Å². The average molecular weight is 487 g/mol. The van der Waals surface area contributed by atoms with Crippen molar-refractivity contribution in [2.45, 2.75) is 118 Å². The highest BCUT2D eigenvalue weighted by atomic mass is 16.5. The largest absolute Gasteiger partial charge is 0.481 e. The molecule has 4 rings (SSSR count). The van der Waals surface area contributed by atoms with Gasteiger partial charge >= 0.3 is 11.9 Å². The van der Waals surface area contributed by atoms with Gasteiger partial charge in [-0.05, 0) is 98.2 Å². The fourth-order valence-electron chi connectivity index (χ4n) is 9.12. The Balaban J connectivity index is 1.43. The Morgan fingerprint density at radius 1 is 1.03 bits per heavy atom. The molecule has 4 heteroatoms. The predicted octanol–water partition coefficient (Wildman–Crippen LogP) is 7.66. The van der Waals surface area contributed by atoms with E-state index in [-0.39, 0.29) is 11.5 Å². The Morgan fingerprint density at radius 3 is 2.46 bits per heavy atom. The molecule has 35 heavy (non-hydrogen) atoms. The number of hydrogen-bond donors (Lipinski definition) is 1. The first-order chi connectivity index (χ1) is 16.5. The van der Waals surface area contributed by atoms with Crippen LogP contribution in [0.15, 0.2) is 11.6 Å². The number of carbonyl (C=O) groups is 2. The molecule has 1 unspecified atom stereocenters. The molecule has 3 saturated carbocycles. The van der Waals surface area contributed by atoms with Crippen molar-refractivity contribution in [2.24, 2.45) is 52.3 Å². The van der Waals surface area contributed by atoms with E-state index >= 15 is 0 Å². The van der Waals surface area contributed by atoms with Gasteiger partial charge in [-0.1, -0.05) is 65.5 Å². The first-order valence-corrected chi connectivity index (χ1v) is 14.6. The van der Waals surface area contributed by atoms with Gasteiger partial charge < -0.3 is 9.84 Å². The van der Waals surface area contributed by atoms with Gasteiger partial charge in [0.2, 0.25) is 0 Å². The normalized spacial score (nSPS) is 40.2. The number of allylic oxidation sites excluding steroid dienone is 1. The molecule has 0 aromatic heterocycles. The molecule has 4 aliphatic rings. The number of aliphatic carboxylic acids is 1. The van der Waals surface area contributed by atoms with Crippen LogP contribution < -0.4 is 0 Å². The van der Waals surface area contributed by atoms with Crippen molar-refractivity contribution in [2.75, 3.05) is 0 Å². The molecule has 3 fully saturated rings. The topological polar surface area (TPSA) is 63.6 Å². The highest BCUT2D eigenvalue weighted by Crippen LogP contribution is 2.67. The van der Waals surface area contributed by atoms with Gasteiger partial charge in [0.05, 0.1) is 0 Å². The first-order valence-electron chi connectivity index (χ1n) is 14.6. The predicted molar refractivity (Wildman–Crippen MR) is 140 cm³/mol. The molecule has 0 radical (unpaired) electrons. The van der Waals surface area contributed by atoms with Gasteiger partial charge in [-0.15, -0.1) is 0 Å². The molecule has 0 amide bonds. The number of esters is 1. The molecule has 9 atom stereocenters. The number of fused-ring (bicyclic) bond motifs is 5. The fourth-order valence-corrected chi connectivity index (χ4v) is 9.12. The van der Waals surface area contributed by atoms with E-state index in [1.165, 1.54) is 63.9 Å². The van der Waals surface area contributed by atoms with Crippen LogP contribution in [-0.4, -0.2) is 23.1 Å². The molecule has 0 heterocycles. The van der Waals surface area contributed by atoms with E-state index in [4.69, 9.17) is 9.84 Å². The molecule has 0 aromatic rings. The van der Waals surface area contributed by atoms with Crippen LogP contribution in [-0.2, 0) is 14.3 Å². The number of ether oxygens (including phenoxy) is 1. The van der Waals surface area contributed by atoms with E-state index in [0.717, 1.165) is 54.8 Å². The molecule has 0 aromatic carbocycles. The molecule has 0 bridgehead atoms. The second-order valence-corrected chi connectivity index (χ2v) is 13.7. The number of carboxylic acids is 1. The number of hydrogen-bond acceptors (Lipinski definition) is 3. The lowest BCUT2D eigenvalue weighted by Gasteiger charge is -2.58. The fraction of sp³-hybridized carbons (Fsp3) is 0.871. The van der Waals surface area contributed by atoms with E-state index in [1.54, 1.807) is 0 Å². The second-order valence-electron chi connectivity index (χ2n) is 13.7. The van der Waals surface area contributed by atoms with Gasteiger partial charge in [0, 0.05) is 6.42 Å². The third-order valence-corrected chi connectivity index (χ3v) is 11.3. The molecular weight excluding hydrogens is 436 g/mol. The molecule has 4 nitrogen and oxygen atoms in total. The van der Waals surface area contributed by atoms with E-state index in [1.807, 2.05) is 0 Å². The quantitative estimate of drug-likeness (QED) is 0.217. The van der Waals surface area contributed by atoms with Gasteiger partial charge in [0.1, 0.15) is 6.10 Å². The van der Waals surface area contributed by atoms with Gasteiger partial charge in [-0.25, -0.2) is 0 Å². The minimum absolute atomic E-state index is 0.170. The Kier molecular flexibility index (Phi) is 7.80. The Labute approximate surface area is 213 Å². The molecule has 1 N–H and O–H groups in total. The maximum atomic E-state index is 12.2. The average Bonchev–Trinajstić information content (AvgIpc) is 3.15. The monoisotopic (exact) mass is 486 g/mol. The maximum absolute atomic E-state index is 12.2. The molecule has 0 saturated heterocycles. The van der Waals surface area contributed by atoms with Crippen molar-refractivity contribution >= 4 is 11.9 Å². The van der Waals surface area contributed by atoms with Crippen LogP contribution in [0, 0.1) is 52.3 Å². The number of carbonyl (C=O) groups excluding carboxylic acids is 1. The lowest BCUT2D eigenvalue weighted by Crippen LogP contribution is -2.51. The SMILES string of the molecule is CC(C)CCC[C@@H](C)[C@H]1CC[C@H]2[C@@H]3CC=C4C[C@@H](OC(=O)C(C)C(=O)O)CC[C@]4(C)[C@H]3CC[C@]12C. The van der Waals surface area contributed by atoms with Crippen LogP contribution in [0.4, 0.5) is 0 Å². The summed E-state index contributed by atoms with van der Waals surface area (Å²) >= 11 is 0. The first kappa shape index (κ1) is 26.7. The third-order valence-electron chi connectivity index (χ3n) is 11.3. The molecule has 0 spiro atoms. The van der Waals surface area contributed by atoms with Gasteiger partial charge in [0.15, 0.2) is 5.92 Å². The van der Waals surface area contributed by atoms with Crippen molar-refractivity contribution in [3.05, 3.63) is 11.6 Å². The smallest absolute Gasteiger partial charge is 0.320 e. The van der Waals surface area contributed by atoms with Crippen LogP contribution in [0.2, 0.25) is 0 Å². The van der Waals surface area contributed by atoms with Gasteiger partial charge in [-0.3, -0.25) is 9.59 Å². The summed E-state index contributed by atoms with van der Waals surface area (Å²) < 4.78 is 5.66. The highest BCUT2D eigenvalue weighted by Gasteiger charge is 2.59. The Hall–Kier alpha value is -1.32. The Morgan fingerprint density at radius 2 is 1.77 bits per heavy atom. The van der Waals surface area contributed by atoms with Gasteiger partial charge in [-0.2, -0.15) is 0 Å². The molecule has 198 valence electrons. The van der Waals surface area contributed by atoms with Crippen molar-refractivity contribution < 1.29 is 19.4 Å². The summed E-state index contributed by atoms with van der Waals surface area (Å²) in [5.41, 5.74) is 2.19. The van der Waals surface area contributed by atoms with Gasteiger partial charge in [0.25, 0.3) is 0 Å². The van der Waals surface area contributed by atoms with Crippen molar-refractivity contribution in [3.63, 3.8) is 0 Å². The lowest BCUT2D eigenvalue weighted by molar-refractivity contribution is -0.163. The molecule has 0 aliphatic heterocycles. The number of rotatable bonds is 8. The molecular formula is C31H50O4. The number of carboxylic acid groups (broad SMARTS) is 1. The van der Waals surface area contributed by atoms with E-state index in [9.17, 15) is 9.59 Å². The minimum Gasteiger partial charge on any atom is -0.481 e. The zero-order valence-corrected chi connectivity index (χ0v) is 23.1. The zero-order valence-electron chi connectivity index (χ0n) is 23.1. The van der Waals surface area contributed by atoms with Crippen LogP contribution in [0.3, 0.4) is 0 Å². The maximum Gasteiger partial charge on any atom is 0.320 e. The minimum atomic E-state index is -1.11.